The number of amides is 1. The Morgan fingerprint density at radius 3 is 2.55 bits per heavy atom. The molecule has 0 spiro atoms. The second-order valence-electron chi connectivity index (χ2n) is 11.5. The standard InChI is InChI=1S/C27H33F3N6O5S/c1-27(2,3)41-26(37)34-11-8-21(9-12-34)42(38,39)36(20-6-4-5-18(28)14-20)16-19-15-35-10-7-17(13-22(35)31-19)24-32-33-25(40-24)23(29)30/h4-6,14-15,17,21,23H,7-13,16H2,1-3H3. The molecule has 0 aliphatic carbocycles. The van der Waals surface area contributed by atoms with Gasteiger partial charge in [-0.25, -0.2) is 22.6 Å². The molecule has 1 unspecified atom stereocenters. The van der Waals surface area contributed by atoms with Gasteiger partial charge in [0.1, 0.15) is 17.2 Å². The van der Waals surface area contributed by atoms with E-state index in [2.05, 4.69) is 15.2 Å². The number of carbonyl (C=O) groups excluding carboxylic acids is 1. The predicted octanol–water partition coefficient (Wildman–Crippen LogP) is 4.81. The normalized spacial score (nSPS) is 18.3. The topological polar surface area (TPSA) is 124 Å². The Morgan fingerprint density at radius 2 is 1.90 bits per heavy atom. The van der Waals surface area contributed by atoms with Crippen molar-refractivity contribution in [2.24, 2.45) is 0 Å². The lowest BCUT2D eigenvalue weighted by atomic mass is 9.98. The fourth-order valence-electron chi connectivity index (χ4n) is 5.22. The number of piperidine rings is 1. The van der Waals surface area contributed by atoms with Crippen LogP contribution in [0.3, 0.4) is 0 Å². The van der Waals surface area contributed by atoms with Crippen LogP contribution < -0.4 is 4.31 Å². The van der Waals surface area contributed by atoms with Gasteiger partial charge in [0.25, 0.3) is 5.89 Å². The van der Waals surface area contributed by atoms with Gasteiger partial charge >= 0.3 is 12.5 Å². The van der Waals surface area contributed by atoms with Crippen molar-refractivity contribution in [2.75, 3.05) is 17.4 Å². The van der Waals surface area contributed by atoms with Gasteiger partial charge in [-0.05, 0) is 58.2 Å². The molecule has 1 saturated heterocycles. The molecular formula is C27H33F3N6O5S. The summed E-state index contributed by atoms with van der Waals surface area (Å²) >= 11 is 0. The SMILES string of the molecule is CC(C)(C)OC(=O)N1CCC(S(=O)(=O)N(Cc2cn3c(n2)CC(c2nnc(C(F)F)o2)CC3)c2cccc(F)c2)CC1. The van der Waals surface area contributed by atoms with Gasteiger partial charge in [-0.3, -0.25) is 4.31 Å². The number of aryl methyl sites for hydroxylation is 1. The maximum Gasteiger partial charge on any atom is 0.410 e. The molecule has 2 aromatic heterocycles. The van der Waals surface area contributed by atoms with E-state index in [-0.39, 0.29) is 50.0 Å². The number of ether oxygens (including phenoxy) is 1. The molecule has 0 radical (unpaired) electrons. The van der Waals surface area contributed by atoms with Gasteiger partial charge < -0.3 is 18.6 Å². The molecule has 5 rings (SSSR count). The summed E-state index contributed by atoms with van der Waals surface area (Å²) in [5.74, 6) is -0.872. The quantitative estimate of drug-likeness (QED) is 0.374. The van der Waals surface area contributed by atoms with Gasteiger partial charge in [-0.1, -0.05) is 6.07 Å². The number of hydrogen-bond acceptors (Lipinski definition) is 8. The molecule has 3 aromatic rings. The zero-order chi connectivity index (χ0) is 30.2. The smallest absolute Gasteiger partial charge is 0.410 e. The van der Waals surface area contributed by atoms with E-state index in [4.69, 9.17) is 9.15 Å². The third kappa shape index (κ3) is 6.55. The molecule has 4 heterocycles. The Bertz CT molecular complexity index is 1530. The summed E-state index contributed by atoms with van der Waals surface area (Å²) in [5.41, 5.74) is -0.0554. The maximum atomic E-state index is 14.2. The third-order valence-electron chi connectivity index (χ3n) is 7.27. The zero-order valence-corrected chi connectivity index (χ0v) is 24.4. The first-order valence-electron chi connectivity index (χ1n) is 13.7. The predicted molar refractivity (Wildman–Crippen MR) is 145 cm³/mol. The molecule has 1 fully saturated rings. The number of halogens is 3. The van der Waals surface area contributed by atoms with Gasteiger partial charge in [-0.15, -0.1) is 10.2 Å². The van der Waals surface area contributed by atoms with E-state index < -0.39 is 45.1 Å². The number of fused-ring (bicyclic) bond motifs is 1. The highest BCUT2D eigenvalue weighted by atomic mass is 32.2. The van der Waals surface area contributed by atoms with Gasteiger partial charge in [-0.2, -0.15) is 8.78 Å². The summed E-state index contributed by atoms with van der Waals surface area (Å²) in [7, 11) is -4.00. The van der Waals surface area contributed by atoms with E-state index in [0.717, 1.165) is 6.07 Å². The summed E-state index contributed by atoms with van der Waals surface area (Å²) < 4.78 is 81.6. The van der Waals surface area contributed by atoms with E-state index in [9.17, 15) is 26.4 Å². The van der Waals surface area contributed by atoms with Gasteiger partial charge in [0.2, 0.25) is 15.9 Å². The van der Waals surface area contributed by atoms with Crippen molar-refractivity contribution >= 4 is 21.8 Å². The molecule has 1 amide bonds. The van der Waals surface area contributed by atoms with Crippen LogP contribution in [0.25, 0.3) is 0 Å². The van der Waals surface area contributed by atoms with Gasteiger partial charge in [0.05, 0.1) is 23.2 Å². The van der Waals surface area contributed by atoms with Crippen LogP contribution in [0.1, 0.15) is 75.7 Å². The lowest BCUT2D eigenvalue weighted by molar-refractivity contribution is 0.0217. The average Bonchev–Trinajstić information content (AvgIpc) is 3.58. The van der Waals surface area contributed by atoms with Crippen LogP contribution in [0.5, 0.6) is 0 Å². The maximum absolute atomic E-state index is 14.2. The summed E-state index contributed by atoms with van der Waals surface area (Å²) in [6.07, 6.45) is -0.316. The van der Waals surface area contributed by atoms with E-state index in [0.29, 0.717) is 30.9 Å². The van der Waals surface area contributed by atoms with Crippen LogP contribution in [0, 0.1) is 5.82 Å². The monoisotopic (exact) mass is 610 g/mol. The van der Waals surface area contributed by atoms with E-state index in [1.807, 2.05) is 4.57 Å². The van der Waals surface area contributed by atoms with Gasteiger partial charge in [0, 0.05) is 38.2 Å². The van der Waals surface area contributed by atoms with Crippen molar-refractivity contribution in [1.29, 1.82) is 0 Å². The Kier molecular flexibility index (Phi) is 8.23. The number of alkyl halides is 2. The van der Waals surface area contributed by atoms with Crippen LogP contribution in [-0.4, -0.2) is 63.1 Å². The Balaban J connectivity index is 1.34. The molecule has 1 atom stereocenters. The van der Waals surface area contributed by atoms with Crippen LogP contribution in [0.15, 0.2) is 34.9 Å². The summed E-state index contributed by atoms with van der Waals surface area (Å²) in [6.45, 7) is 6.06. The molecule has 1 aromatic carbocycles. The lowest BCUT2D eigenvalue weighted by Crippen LogP contribution is -2.48. The van der Waals surface area contributed by atoms with Crippen LogP contribution >= 0.6 is 0 Å². The molecule has 2 aliphatic heterocycles. The van der Waals surface area contributed by atoms with E-state index in [1.54, 1.807) is 27.0 Å². The molecule has 11 nitrogen and oxygen atoms in total. The fourth-order valence-corrected chi connectivity index (χ4v) is 7.11. The Hall–Kier alpha value is -3.62. The zero-order valence-electron chi connectivity index (χ0n) is 23.5. The number of carbonyl (C=O) groups is 1. The highest BCUT2D eigenvalue weighted by Gasteiger charge is 2.38. The molecule has 228 valence electrons. The minimum atomic E-state index is -4.00. The van der Waals surface area contributed by atoms with E-state index in [1.165, 1.54) is 27.4 Å². The average molecular weight is 611 g/mol. The minimum absolute atomic E-state index is 0.114. The minimum Gasteiger partial charge on any atom is -0.444 e. The van der Waals surface area contributed by atoms with Crippen molar-refractivity contribution in [3.63, 3.8) is 0 Å². The number of hydrogen-bond donors (Lipinski definition) is 0. The summed E-state index contributed by atoms with van der Waals surface area (Å²) in [5, 5.41) is 6.37. The summed E-state index contributed by atoms with van der Waals surface area (Å²) in [6, 6.07) is 5.37. The molecule has 15 heteroatoms. The molecule has 0 saturated carbocycles. The lowest BCUT2D eigenvalue weighted by Gasteiger charge is -2.35. The molecule has 0 N–H and O–H groups in total. The molecule has 2 aliphatic rings. The van der Waals surface area contributed by atoms with Crippen LogP contribution in [0.2, 0.25) is 0 Å². The third-order valence-corrected chi connectivity index (χ3v) is 9.54. The van der Waals surface area contributed by atoms with Crippen LogP contribution in [0.4, 0.5) is 23.7 Å². The first-order chi connectivity index (χ1) is 19.8. The number of anilines is 1. The largest absolute Gasteiger partial charge is 0.444 e. The second kappa shape index (κ2) is 11.6. The number of sulfonamides is 1. The molecule has 42 heavy (non-hydrogen) atoms. The van der Waals surface area contributed by atoms with Crippen molar-refractivity contribution in [2.45, 2.75) is 82.7 Å². The molecule has 0 bridgehead atoms. The number of benzene rings is 1. The first-order valence-corrected chi connectivity index (χ1v) is 15.2. The van der Waals surface area contributed by atoms with Crippen molar-refractivity contribution < 1.29 is 35.5 Å². The first kappa shape index (κ1) is 29.9. The highest BCUT2D eigenvalue weighted by Crippen LogP contribution is 2.32. The van der Waals surface area contributed by atoms with E-state index >= 15 is 0 Å². The number of rotatable bonds is 7. The van der Waals surface area contributed by atoms with Crippen molar-refractivity contribution in [3.05, 3.63) is 59.6 Å². The second-order valence-corrected chi connectivity index (χ2v) is 13.6. The number of nitrogens with zero attached hydrogens (tertiary/aromatic N) is 6. The number of aromatic nitrogens is 4. The van der Waals surface area contributed by atoms with Crippen molar-refractivity contribution in [3.8, 4) is 0 Å². The highest BCUT2D eigenvalue weighted by molar-refractivity contribution is 7.93. The van der Waals surface area contributed by atoms with Crippen molar-refractivity contribution in [1.82, 2.24) is 24.6 Å². The molecular weight excluding hydrogens is 577 g/mol. The Labute approximate surface area is 241 Å². The summed E-state index contributed by atoms with van der Waals surface area (Å²) in [4.78, 5) is 18.6. The number of likely N-dealkylation sites (tertiary alicyclic amines) is 1. The fraction of sp³-hybridized carbons (Fsp3) is 0.556. The van der Waals surface area contributed by atoms with Crippen LogP contribution in [-0.2, 0) is 34.3 Å². The van der Waals surface area contributed by atoms with Gasteiger partial charge in [0.15, 0.2) is 0 Å². The Morgan fingerprint density at radius 1 is 1.17 bits per heavy atom. The number of imidazole rings is 1.